The molecule has 1 amide bonds. The summed E-state index contributed by atoms with van der Waals surface area (Å²) in [5, 5.41) is 0. The largest absolute Gasteiger partial charge is 0.449 e. The number of sulfonamides is 1. The lowest BCUT2D eigenvalue weighted by atomic mass is 9.99. The molecular formula is C25H32N2O5S. The number of likely N-dealkylation sites (tertiary alicyclic amines) is 1. The van der Waals surface area contributed by atoms with E-state index in [2.05, 4.69) is 4.72 Å². The van der Waals surface area contributed by atoms with E-state index in [-0.39, 0.29) is 22.4 Å². The molecule has 0 saturated carbocycles. The predicted molar refractivity (Wildman–Crippen MR) is 126 cm³/mol. The molecule has 33 heavy (non-hydrogen) atoms. The summed E-state index contributed by atoms with van der Waals surface area (Å²) in [6.07, 6.45) is 2.91. The van der Waals surface area contributed by atoms with Crippen molar-refractivity contribution in [2.75, 3.05) is 6.54 Å². The maximum Gasteiger partial charge on any atom is 0.338 e. The summed E-state index contributed by atoms with van der Waals surface area (Å²) in [5.74, 6) is -0.939. The van der Waals surface area contributed by atoms with Crippen molar-refractivity contribution in [3.63, 3.8) is 0 Å². The van der Waals surface area contributed by atoms with Crippen molar-refractivity contribution in [1.29, 1.82) is 0 Å². The Morgan fingerprint density at radius 3 is 2.52 bits per heavy atom. The Morgan fingerprint density at radius 2 is 1.82 bits per heavy atom. The summed E-state index contributed by atoms with van der Waals surface area (Å²) in [6, 6.07) is 14.6. The number of hydrogen-bond donors (Lipinski definition) is 1. The minimum Gasteiger partial charge on any atom is -0.449 e. The van der Waals surface area contributed by atoms with Gasteiger partial charge in [0, 0.05) is 18.6 Å². The van der Waals surface area contributed by atoms with Crippen LogP contribution >= 0.6 is 0 Å². The lowest BCUT2D eigenvalue weighted by Crippen LogP contribution is -2.48. The summed E-state index contributed by atoms with van der Waals surface area (Å²) >= 11 is 0. The van der Waals surface area contributed by atoms with Crippen LogP contribution in [0.15, 0.2) is 59.5 Å². The van der Waals surface area contributed by atoms with Crippen LogP contribution in [0.25, 0.3) is 0 Å². The first-order valence-corrected chi connectivity index (χ1v) is 12.9. The molecule has 1 aliphatic heterocycles. The zero-order valence-electron chi connectivity index (χ0n) is 19.4. The van der Waals surface area contributed by atoms with Gasteiger partial charge in [0.15, 0.2) is 6.10 Å². The van der Waals surface area contributed by atoms with Crippen LogP contribution in [0.2, 0.25) is 0 Å². The number of amides is 1. The normalized spacial score (nSPS) is 18.4. The van der Waals surface area contributed by atoms with Crippen LogP contribution in [0.5, 0.6) is 0 Å². The molecule has 0 spiro atoms. The van der Waals surface area contributed by atoms with E-state index in [1.807, 2.05) is 37.3 Å². The minimum absolute atomic E-state index is 0.0409. The highest BCUT2D eigenvalue weighted by atomic mass is 32.2. The van der Waals surface area contributed by atoms with Gasteiger partial charge >= 0.3 is 5.97 Å². The van der Waals surface area contributed by atoms with Crippen LogP contribution in [-0.4, -0.2) is 43.9 Å². The highest BCUT2D eigenvalue weighted by Gasteiger charge is 2.31. The van der Waals surface area contributed by atoms with Crippen molar-refractivity contribution in [3.8, 4) is 0 Å². The smallest absolute Gasteiger partial charge is 0.338 e. The van der Waals surface area contributed by atoms with Gasteiger partial charge in [-0.05, 0) is 63.3 Å². The number of nitrogens with one attached hydrogen (secondary N) is 1. The van der Waals surface area contributed by atoms with E-state index in [0.29, 0.717) is 6.54 Å². The first-order valence-electron chi connectivity index (χ1n) is 11.4. The second-order valence-electron chi connectivity index (χ2n) is 8.42. The quantitative estimate of drug-likeness (QED) is 0.585. The Bertz CT molecular complexity index is 1070. The fraction of sp³-hybridized carbons (Fsp3) is 0.440. The second kappa shape index (κ2) is 10.9. The van der Waals surface area contributed by atoms with E-state index >= 15 is 0 Å². The third kappa shape index (κ3) is 6.21. The van der Waals surface area contributed by atoms with Crippen LogP contribution in [0.4, 0.5) is 0 Å². The molecule has 3 atom stereocenters. The average Bonchev–Trinajstić information content (AvgIpc) is 2.83. The molecule has 0 aromatic heterocycles. The Morgan fingerprint density at radius 1 is 1.09 bits per heavy atom. The fourth-order valence-corrected chi connectivity index (χ4v) is 5.41. The number of benzene rings is 2. The summed E-state index contributed by atoms with van der Waals surface area (Å²) in [6.45, 7) is 6.03. The van der Waals surface area contributed by atoms with E-state index in [1.54, 1.807) is 18.7 Å². The standard InChI is InChI=1S/C25H32N2O5S/c1-4-22-14-8-9-16-27(22)24(28)19(3)32-25(29)21-13-10-15-23(17-21)33(30,31)26-18(2)20-11-6-5-7-12-20/h5-7,10-13,15,17-19,22,26H,4,8-9,14,16H2,1-3H3. The highest BCUT2D eigenvalue weighted by Crippen LogP contribution is 2.22. The number of hydrogen-bond acceptors (Lipinski definition) is 5. The Hall–Kier alpha value is -2.71. The van der Waals surface area contributed by atoms with Crippen molar-refractivity contribution >= 4 is 21.9 Å². The van der Waals surface area contributed by atoms with Crippen LogP contribution < -0.4 is 4.72 Å². The summed E-state index contributed by atoms with van der Waals surface area (Å²) in [5.41, 5.74) is 0.905. The number of carbonyl (C=O) groups is 2. The predicted octanol–water partition coefficient (Wildman–Crippen LogP) is 4.06. The molecule has 3 unspecified atom stereocenters. The molecule has 8 heteroatoms. The number of carbonyl (C=O) groups excluding carboxylic acids is 2. The van der Waals surface area contributed by atoms with Crippen molar-refractivity contribution in [2.45, 2.75) is 69.5 Å². The second-order valence-corrected chi connectivity index (χ2v) is 10.1. The summed E-state index contributed by atoms with van der Waals surface area (Å²) in [7, 11) is -3.87. The van der Waals surface area contributed by atoms with Gasteiger partial charge in [-0.3, -0.25) is 4.79 Å². The van der Waals surface area contributed by atoms with Gasteiger partial charge in [0.2, 0.25) is 10.0 Å². The first kappa shape index (κ1) is 24.9. The minimum atomic E-state index is -3.87. The third-order valence-electron chi connectivity index (χ3n) is 6.02. The molecule has 1 heterocycles. The van der Waals surface area contributed by atoms with Gasteiger partial charge in [0.25, 0.3) is 5.91 Å². The topological polar surface area (TPSA) is 92.8 Å². The molecule has 0 bridgehead atoms. The van der Waals surface area contributed by atoms with Gasteiger partial charge in [-0.25, -0.2) is 17.9 Å². The molecular weight excluding hydrogens is 440 g/mol. The molecule has 2 aromatic carbocycles. The van der Waals surface area contributed by atoms with Gasteiger partial charge < -0.3 is 9.64 Å². The van der Waals surface area contributed by atoms with Gasteiger partial charge in [0.05, 0.1) is 10.5 Å². The molecule has 178 valence electrons. The van der Waals surface area contributed by atoms with Crippen LogP contribution in [0.3, 0.4) is 0 Å². The third-order valence-corrected chi connectivity index (χ3v) is 7.56. The number of esters is 1. The SMILES string of the molecule is CCC1CCCCN1C(=O)C(C)OC(=O)c1cccc(S(=O)(=O)NC(C)c2ccccc2)c1. The Labute approximate surface area is 196 Å². The van der Waals surface area contributed by atoms with Crippen molar-refractivity contribution in [2.24, 2.45) is 0 Å². The van der Waals surface area contributed by atoms with Gasteiger partial charge in [-0.15, -0.1) is 0 Å². The lowest BCUT2D eigenvalue weighted by Gasteiger charge is -2.36. The Balaban J connectivity index is 1.69. The Kier molecular flexibility index (Phi) is 8.26. The van der Waals surface area contributed by atoms with Gasteiger partial charge in [-0.1, -0.05) is 43.3 Å². The summed E-state index contributed by atoms with van der Waals surface area (Å²) < 4.78 is 33.8. The number of piperidine rings is 1. The van der Waals surface area contributed by atoms with Crippen molar-refractivity contribution in [3.05, 3.63) is 65.7 Å². The van der Waals surface area contributed by atoms with E-state index in [1.165, 1.54) is 24.3 Å². The number of ether oxygens (including phenoxy) is 1. The van der Waals surface area contributed by atoms with Crippen LogP contribution in [0, 0.1) is 0 Å². The molecule has 0 radical (unpaired) electrons. The molecule has 1 N–H and O–H groups in total. The van der Waals surface area contributed by atoms with Crippen LogP contribution in [-0.2, 0) is 19.6 Å². The number of rotatable bonds is 8. The maximum atomic E-state index is 12.9. The summed E-state index contributed by atoms with van der Waals surface area (Å²) in [4.78, 5) is 27.3. The van der Waals surface area contributed by atoms with E-state index in [0.717, 1.165) is 31.2 Å². The maximum absolute atomic E-state index is 12.9. The van der Waals surface area contributed by atoms with Crippen molar-refractivity contribution in [1.82, 2.24) is 9.62 Å². The molecule has 3 rings (SSSR count). The zero-order valence-corrected chi connectivity index (χ0v) is 20.2. The zero-order chi connectivity index (χ0) is 24.0. The average molecular weight is 473 g/mol. The molecule has 0 aliphatic carbocycles. The molecule has 7 nitrogen and oxygen atoms in total. The number of nitrogens with zero attached hydrogens (tertiary/aromatic N) is 1. The van der Waals surface area contributed by atoms with E-state index in [4.69, 9.17) is 4.74 Å². The molecule has 1 fully saturated rings. The molecule has 1 saturated heterocycles. The fourth-order valence-electron chi connectivity index (χ4n) is 4.13. The van der Waals surface area contributed by atoms with Gasteiger partial charge in [0.1, 0.15) is 0 Å². The molecule has 2 aromatic rings. The van der Waals surface area contributed by atoms with E-state index in [9.17, 15) is 18.0 Å². The van der Waals surface area contributed by atoms with E-state index < -0.39 is 28.1 Å². The lowest BCUT2D eigenvalue weighted by molar-refractivity contribution is -0.143. The first-order chi connectivity index (χ1) is 15.7. The van der Waals surface area contributed by atoms with Gasteiger partial charge in [-0.2, -0.15) is 0 Å². The van der Waals surface area contributed by atoms with Crippen molar-refractivity contribution < 1.29 is 22.7 Å². The van der Waals surface area contributed by atoms with Crippen LogP contribution in [0.1, 0.15) is 68.4 Å². The monoisotopic (exact) mass is 472 g/mol. The highest BCUT2D eigenvalue weighted by molar-refractivity contribution is 7.89. The molecule has 1 aliphatic rings.